The molecule has 1 unspecified atom stereocenters. The Labute approximate surface area is 200 Å². The van der Waals surface area contributed by atoms with Crippen LogP contribution in [0.1, 0.15) is 73.8 Å². The summed E-state index contributed by atoms with van der Waals surface area (Å²) in [5, 5.41) is 3.67. The third kappa shape index (κ3) is 5.37. The maximum Gasteiger partial charge on any atom is 0.0970 e. The van der Waals surface area contributed by atoms with E-state index in [-0.39, 0.29) is 0 Å². The fraction of sp³-hybridized carbons (Fsp3) is 0.552. The van der Waals surface area contributed by atoms with E-state index in [1.165, 1.54) is 68.2 Å². The molecule has 2 aliphatic carbocycles. The Hall–Kier alpha value is -2.49. The lowest BCUT2D eigenvalue weighted by molar-refractivity contribution is 0.302. The van der Waals surface area contributed by atoms with Crippen LogP contribution in [0.25, 0.3) is 0 Å². The molecule has 1 aliphatic heterocycles. The third-order valence-corrected chi connectivity index (χ3v) is 7.93. The highest BCUT2D eigenvalue weighted by Crippen LogP contribution is 2.32. The fourth-order valence-corrected chi connectivity index (χ4v) is 5.88. The highest BCUT2D eigenvalue weighted by Gasteiger charge is 2.25. The van der Waals surface area contributed by atoms with Gasteiger partial charge in [-0.2, -0.15) is 0 Å². The first-order valence-corrected chi connectivity index (χ1v) is 13.1. The molecule has 0 amide bonds. The van der Waals surface area contributed by atoms with Crippen LogP contribution in [-0.4, -0.2) is 41.0 Å². The molecule has 33 heavy (non-hydrogen) atoms. The molecule has 1 saturated carbocycles. The van der Waals surface area contributed by atoms with E-state index in [9.17, 15) is 0 Å². The van der Waals surface area contributed by atoms with Gasteiger partial charge in [0.15, 0.2) is 0 Å². The average Bonchev–Trinajstić information content (AvgIpc) is 3.45. The van der Waals surface area contributed by atoms with Gasteiger partial charge in [-0.05, 0) is 78.8 Å². The normalized spacial score (nSPS) is 19.7. The number of rotatable bonds is 8. The zero-order valence-electron chi connectivity index (χ0n) is 20.4. The van der Waals surface area contributed by atoms with Crippen molar-refractivity contribution in [1.82, 2.24) is 14.8 Å². The van der Waals surface area contributed by atoms with Crippen LogP contribution < -0.4 is 5.32 Å². The first-order valence-electron chi connectivity index (χ1n) is 13.1. The summed E-state index contributed by atoms with van der Waals surface area (Å²) in [6.07, 6.45) is 12.7. The molecular formula is C29H40N4. The number of nitrogens with zero attached hydrogens (tertiary/aromatic N) is 3. The van der Waals surface area contributed by atoms with Crippen LogP contribution in [0.2, 0.25) is 0 Å². The van der Waals surface area contributed by atoms with Crippen molar-refractivity contribution in [2.75, 3.05) is 31.5 Å². The number of hydrogen-bond donors (Lipinski definition) is 1. The second-order valence-corrected chi connectivity index (χ2v) is 10.5. The molecule has 1 aromatic carbocycles. The zero-order chi connectivity index (χ0) is 22.6. The summed E-state index contributed by atoms with van der Waals surface area (Å²) in [7, 11) is 0. The minimum absolute atomic E-state index is 0.558. The van der Waals surface area contributed by atoms with Crippen molar-refractivity contribution in [3.63, 3.8) is 0 Å². The smallest absolute Gasteiger partial charge is 0.0970 e. The molecule has 1 saturated heterocycles. The predicted molar refractivity (Wildman–Crippen MR) is 137 cm³/mol. The molecule has 4 heteroatoms. The summed E-state index contributed by atoms with van der Waals surface area (Å²) < 4.78 is 0. The molecule has 0 spiro atoms. The molecular weight excluding hydrogens is 404 g/mol. The van der Waals surface area contributed by atoms with Crippen LogP contribution >= 0.6 is 0 Å². The van der Waals surface area contributed by atoms with Gasteiger partial charge < -0.3 is 15.1 Å². The van der Waals surface area contributed by atoms with E-state index in [0.717, 1.165) is 50.2 Å². The van der Waals surface area contributed by atoms with Gasteiger partial charge in [0.05, 0.1) is 18.1 Å². The van der Waals surface area contributed by atoms with Crippen molar-refractivity contribution in [1.29, 1.82) is 0 Å². The number of anilines is 1. The van der Waals surface area contributed by atoms with Gasteiger partial charge in [-0.15, -0.1) is 0 Å². The Kier molecular flexibility index (Phi) is 6.89. The summed E-state index contributed by atoms with van der Waals surface area (Å²) in [5.74, 6) is 2.44. The Morgan fingerprint density at radius 3 is 2.64 bits per heavy atom. The highest BCUT2D eigenvalue weighted by atomic mass is 15.4. The Balaban J connectivity index is 1.09. The lowest BCUT2D eigenvalue weighted by Crippen LogP contribution is -2.29. The first-order chi connectivity index (χ1) is 16.2. The van der Waals surface area contributed by atoms with Gasteiger partial charge in [-0.3, -0.25) is 4.98 Å². The van der Waals surface area contributed by atoms with Crippen molar-refractivity contribution in [3.05, 3.63) is 71.3 Å². The van der Waals surface area contributed by atoms with Crippen LogP contribution in [0.15, 0.2) is 48.9 Å². The van der Waals surface area contributed by atoms with Gasteiger partial charge in [0.2, 0.25) is 0 Å². The Morgan fingerprint density at radius 2 is 1.82 bits per heavy atom. The molecule has 0 bridgehead atoms. The molecule has 2 aromatic rings. The molecule has 176 valence electrons. The Morgan fingerprint density at radius 1 is 1.00 bits per heavy atom. The minimum atomic E-state index is 0.558. The van der Waals surface area contributed by atoms with E-state index in [2.05, 4.69) is 65.1 Å². The molecule has 2 heterocycles. The minimum Gasteiger partial charge on any atom is -0.385 e. The second kappa shape index (κ2) is 10.2. The molecule has 4 nitrogen and oxygen atoms in total. The third-order valence-electron chi connectivity index (χ3n) is 7.93. The second-order valence-electron chi connectivity index (χ2n) is 10.5. The number of aromatic nitrogens is 1. The molecule has 5 rings (SSSR count). The van der Waals surface area contributed by atoms with E-state index in [1.54, 1.807) is 5.56 Å². The van der Waals surface area contributed by atoms with Gasteiger partial charge in [0, 0.05) is 38.1 Å². The van der Waals surface area contributed by atoms with Gasteiger partial charge in [0.25, 0.3) is 0 Å². The van der Waals surface area contributed by atoms with Crippen molar-refractivity contribution in [3.8, 4) is 0 Å². The summed E-state index contributed by atoms with van der Waals surface area (Å²) in [6.45, 7) is 11.7. The van der Waals surface area contributed by atoms with Crippen LogP contribution in [0.5, 0.6) is 0 Å². The number of benzene rings is 1. The number of pyridine rings is 1. The summed E-state index contributed by atoms with van der Waals surface area (Å²) in [5.41, 5.74) is 6.94. The standard InChI is InChI=1S/C29H40N4/c1-22(18-30-28-13-11-25-9-6-10-26(25)17-28)20-32-15-16-33(23(32)2)21-29-14-12-27(19-31-29)24-7-4-3-5-8-24/h11-14,17,19,22,24,30H,2-10,15-16,18,20-21H2,1H3. The fourth-order valence-electron chi connectivity index (χ4n) is 5.88. The van der Waals surface area contributed by atoms with E-state index in [1.807, 2.05) is 0 Å². The number of fused-ring (bicyclic) bond motifs is 1. The van der Waals surface area contributed by atoms with Crippen molar-refractivity contribution in [2.45, 2.75) is 70.8 Å². The average molecular weight is 445 g/mol. The number of nitrogens with one attached hydrogen (secondary N) is 1. The van der Waals surface area contributed by atoms with E-state index in [0.29, 0.717) is 5.92 Å². The van der Waals surface area contributed by atoms with E-state index in [4.69, 9.17) is 4.98 Å². The van der Waals surface area contributed by atoms with Gasteiger partial charge in [-0.1, -0.05) is 44.9 Å². The quantitative estimate of drug-likeness (QED) is 0.545. The Bertz CT molecular complexity index is 945. The summed E-state index contributed by atoms with van der Waals surface area (Å²) in [6, 6.07) is 11.5. The highest BCUT2D eigenvalue weighted by molar-refractivity contribution is 5.50. The van der Waals surface area contributed by atoms with Crippen LogP contribution in [-0.2, 0) is 19.4 Å². The molecule has 0 radical (unpaired) electrons. The van der Waals surface area contributed by atoms with Crippen molar-refractivity contribution >= 4 is 5.69 Å². The largest absolute Gasteiger partial charge is 0.385 e. The molecule has 3 aliphatic rings. The van der Waals surface area contributed by atoms with Crippen LogP contribution in [0.3, 0.4) is 0 Å². The van der Waals surface area contributed by atoms with Crippen molar-refractivity contribution < 1.29 is 0 Å². The summed E-state index contributed by atoms with van der Waals surface area (Å²) in [4.78, 5) is 9.66. The van der Waals surface area contributed by atoms with Crippen LogP contribution in [0, 0.1) is 5.92 Å². The van der Waals surface area contributed by atoms with Gasteiger partial charge in [0.1, 0.15) is 0 Å². The molecule has 1 atom stereocenters. The van der Waals surface area contributed by atoms with Crippen molar-refractivity contribution in [2.24, 2.45) is 5.92 Å². The lowest BCUT2D eigenvalue weighted by atomic mass is 9.85. The van der Waals surface area contributed by atoms with Crippen LogP contribution in [0.4, 0.5) is 5.69 Å². The molecule has 1 aromatic heterocycles. The van der Waals surface area contributed by atoms with E-state index < -0.39 is 0 Å². The molecule has 2 fully saturated rings. The predicted octanol–water partition coefficient (Wildman–Crippen LogP) is 5.96. The SMILES string of the molecule is C=C1N(Cc2ccc(C3CCCCC3)cn2)CCN1CC(C)CNc1ccc2c(c1)CCC2. The zero-order valence-corrected chi connectivity index (χ0v) is 20.4. The maximum absolute atomic E-state index is 4.81. The van der Waals surface area contributed by atoms with Gasteiger partial charge in [-0.25, -0.2) is 0 Å². The lowest BCUT2D eigenvalue weighted by Gasteiger charge is -2.26. The van der Waals surface area contributed by atoms with Gasteiger partial charge >= 0.3 is 0 Å². The maximum atomic E-state index is 4.81. The number of aryl methyl sites for hydroxylation is 2. The molecule has 1 N–H and O–H groups in total. The first kappa shape index (κ1) is 22.3. The van der Waals surface area contributed by atoms with E-state index >= 15 is 0 Å². The number of hydrogen-bond acceptors (Lipinski definition) is 4. The monoisotopic (exact) mass is 444 g/mol. The topological polar surface area (TPSA) is 31.4 Å². The summed E-state index contributed by atoms with van der Waals surface area (Å²) >= 11 is 0.